The van der Waals surface area contributed by atoms with E-state index in [0.29, 0.717) is 23.8 Å². The molecule has 0 aliphatic carbocycles. The summed E-state index contributed by atoms with van der Waals surface area (Å²) in [5.41, 5.74) is 6.24. The zero-order valence-electron chi connectivity index (χ0n) is 9.07. The zero-order chi connectivity index (χ0) is 11.3. The lowest BCUT2D eigenvalue weighted by molar-refractivity contribution is 0.530. The number of nitrogens with two attached hydrogens (primary N) is 1. The predicted octanol–water partition coefficient (Wildman–Crippen LogP) is 1.35. The highest BCUT2D eigenvalue weighted by Gasteiger charge is 2.11. The Morgan fingerprint density at radius 1 is 1.60 bits per heavy atom. The Kier molecular flexibility index (Phi) is 4.07. The average Bonchev–Trinajstić information content (AvgIpc) is 2.25. The van der Waals surface area contributed by atoms with Crippen molar-refractivity contribution in [2.24, 2.45) is 11.7 Å². The lowest BCUT2D eigenvalue weighted by Crippen LogP contribution is -2.33. The molecule has 0 spiro atoms. The minimum absolute atomic E-state index is 0.187. The van der Waals surface area contributed by atoms with Crippen LogP contribution in [0.5, 0.6) is 0 Å². The van der Waals surface area contributed by atoms with Crippen molar-refractivity contribution in [3.63, 3.8) is 0 Å². The van der Waals surface area contributed by atoms with Crippen molar-refractivity contribution in [2.75, 3.05) is 11.9 Å². The molecule has 0 aliphatic rings. The van der Waals surface area contributed by atoms with E-state index in [4.69, 9.17) is 11.0 Å². The lowest BCUT2D eigenvalue weighted by atomic mass is 10.0. The third kappa shape index (κ3) is 3.22. The van der Waals surface area contributed by atoms with Crippen molar-refractivity contribution >= 4 is 5.82 Å². The number of rotatable bonds is 4. The monoisotopic (exact) mass is 204 g/mol. The van der Waals surface area contributed by atoms with Crippen LogP contribution in [0.15, 0.2) is 18.3 Å². The number of hydrogen-bond donors (Lipinski definition) is 2. The molecule has 1 aromatic heterocycles. The van der Waals surface area contributed by atoms with Gasteiger partial charge in [0.15, 0.2) is 0 Å². The fourth-order valence-electron chi connectivity index (χ4n) is 1.27. The summed E-state index contributed by atoms with van der Waals surface area (Å²) in [4.78, 5) is 4.14. The Morgan fingerprint density at radius 3 is 2.87 bits per heavy atom. The first-order valence-corrected chi connectivity index (χ1v) is 5.00. The van der Waals surface area contributed by atoms with E-state index >= 15 is 0 Å². The van der Waals surface area contributed by atoms with Gasteiger partial charge in [-0.25, -0.2) is 4.98 Å². The second-order valence-corrected chi connectivity index (χ2v) is 3.77. The smallest absolute Gasteiger partial charge is 0.127 e. The minimum Gasteiger partial charge on any atom is -0.366 e. The lowest BCUT2D eigenvalue weighted by Gasteiger charge is -2.20. The fourth-order valence-corrected chi connectivity index (χ4v) is 1.27. The van der Waals surface area contributed by atoms with Crippen LogP contribution in [0.25, 0.3) is 0 Å². The Labute approximate surface area is 90.1 Å². The molecule has 1 aromatic rings. The maximum absolute atomic E-state index is 8.73. The van der Waals surface area contributed by atoms with Crippen LogP contribution in [-0.2, 0) is 0 Å². The van der Waals surface area contributed by atoms with Crippen LogP contribution in [0.2, 0.25) is 0 Å². The molecule has 0 fully saturated rings. The van der Waals surface area contributed by atoms with Crippen molar-refractivity contribution < 1.29 is 0 Å². The summed E-state index contributed by atoms with van der Waals surface area (Å²) >= 11 is 0. The van der Waals surface area contributed by atoms with E-state index in [-0.39, 0.29) is 6.04 Å². The number of aromatic nitrogens is 1. The molecule has 1 rings (SSSR count). The number of pyridine rings is 1. The Morgan fingerprint density at radius 2 is 2.33 bits per heavy atom. The molecule has 0 saturated heterocycles. The maximum atomic E-state index is 8.73. The first kappa shape index (κ1) is 11.5. The second kappa shape index (κ2) is 5.32. The van der Waals surface area contributed by atoms with Crippen molar-refractivity contribution in [1.82, 2.24) is 4.98 Å². The van der Waals surface area contributed by atoms with Gasteiger partial charge in [0.2, 0.25) is 0 Å². The Balaban J connectivity index is 2.75. The molecule has 0 aliphatic heterocycles. The largest absolute Gasteiger partial charge is 0.366 e. The van der Waals surface area contributed by atoms with Crippen molar-refractivity contribution in [1.29, 1.82) is 5.26 Å². The van der Waals surface area contributed by atoms with Crippen molar-refractivity contribution in [3.05, 3.63) is 23.9 Å². The highest BCUT2D eigenvalue weighted by atomic mass is 15.0. The summed E-state index contributed by atoms with van der Waals surface area (Å²) < 4.78 is 0. The Bertz CT molecular complexity index is 354. The molecule has 80 valence electrons. The van der Waals surface area contributed by atoms with E-state index in [1.165, 1.54) is 0 Å². The molecular weight excluding hydrogens is 188 g/mol. The third-order valence-corrected chi connectivity index (χ3v) is 2.28. The summed E-state index contributed by atoms with van der Waals surface area (Å²) in [6, 6.07) is 5.67. The summed E-state index contributed by atoms with van der Waals surface area (Å²) in [6.45, 7) is 4.74. The van der Waals surface area contributed by atoms with E-state index in [1.807, 2.05) is 0 Å². The van der Waals surface area contributed by atoms with Crippen LogP contribution < -0.4 is 11.1 Å². The quantitative estimate of drug-likeness (QED) is 0.776. The van der Waals surface area contributed by atoms with Crippen LogP contribution in [0.1, 0.15) is 19.4 Å². The van der Waals surface area contributed by atoms with Gasteiger partial charge in [0.05, 0.1) is 11.6 Å². The fraction of sp³-hybridized carbons (Fsp3) is 0.455. The van der Waals surface area contributed by atoms with Gasteiger partial charge in [0.25, 0.3) is 0 Å². The van der Waals surface area contributed by atoms with Crippen LogP contribution in [0.4, 0.5) is 5.82 Å². The van der Waals surface area contributed by atoms with E-state index < -0.39 is 0 Å². The summed E-state index contributed by atoms with van der Waals surface area (Å²) in [5, 5.41) is 11.9. The van der Waals surface area contributed by atoms with E-state index in [2.05, 4.69) is 30.2 Å². The summed E-state index contributed by atoms with van der Waals surface area (Å²) in [7, 11) is 0. The number of nitriles is 1. The van der Waals surface area contributed by atoms with Gasteiger partial charge in [-0.1, -0.05) is 13.8 Å². The van der Waals surface area contributed by atoms with Crippen LogP contribution in [0.3, 0.4) is 0 Å². The van der Waals surface area contributed by atoms with Gasteiger partial charge in [0.1, 0.15) is 5.82 Å². The molecule has 3 N–H and O–H groups in total. The molecular formula is C11H16N4. The van der Waals surface area contributed by atoms with Gasteiger partial charge < -0.3 is 11.1 Å². The van der Waals surface area contributed by atoms with Crippen LogP contribution >= 0.6 is 0 Å². The van der Waals surface area contributed by atoms with E-state index in [1.54, 1.807) is 18.3 Å². The zero-order valence-corrected chi connectivity index (χ0v) is 9.07. The van der Waals surface area contributed by atoms with Gasteiger partial charge in [-0.05, 0) is 18.1 Å². The third-order valence-electron chi connectivity index (χ3n) is 2.28. The predicted molar refractivity (Wildman–Crippen MR) is 60.3 cm³/mol. The highest BCUT2D eigenvalue weighted by molar-refractivity contribution is 5.43. The van der Waals surface area contributed by atoms with Crippen molar-refractivity contribution in [2.45, 2.75) is 19.9 Å². The average molecular weight is 204 g/mol. The molecule has 0 radical (unpaired) electrons. The SMILES string of the molecule is CC(C)C(CN)Nc1cc(C#N)ccn1. The second-order valence-electron chi connectivity index (χ2n) is 3.77. The van der Waals surface area contributed by atoms with Gasteiger partial charge in [0, 0.05) is 18.8 Å². The molecule has 15 heavy (non-hydrogen) atoms. The summed E-state index contributed by atoms with van der Waals surface area (Å²) in [5.74, 6) is 1.14. The first-order valence-electron chi connectivity index (χ1n) is 5.00. The first-order chi connectivity index (χ1) is 7.17. The summed E-state index contributed by atoms with van der Waals surface area (Å²) in [6.07, 6.45) is 1.62. The maximum Gasteiger partial charge on any atom is 0.127 e. The highest BCUT2D eigenvalue weighted by Crippen LogP contribution is 2.10. The normalized spacial score (nSPS) is 12.2. The molecule has 0 aromatic carbocycles. The van der Waals surface area contributed by atoms with Gasteiger partial charge >= 0.3 is 0 Å². The molecule has 4 nitrogen and oxygen atoms in total. The number of anilines is 1. The molecule has 0 saturated carbocycles. The number of hydrogen-bond acceptors (Lipinski definition) is 4. The molecule has 1 atom stereocenters. The van der Waals surface area contributed by atoms with Gasteiger partial charge in [-0.15, -0.1) is 0 Å². The van der Waals surface area contributed by atoms with Gasteiger partial charge in [-0.3, -0.25) is 0 Å². The minimum atomic E-state index is 0.187. The molecule has 0 amide bonds. The molecule has 1 unspecified atom stereocenters. The molecule has 1 heterocycles. The number of nitrogens with one attached hydrogen (secondary N) is 1. The van der Waals surface area contributed by atoms with Crippen molar-refractivity contribution in [3.8, 4) is 6.07 Å². The molecule has 0 bridgehead atoms. The van der Waals surface area contributed by atoms with Crippen LogP contribution in [-0.4, -0.2) is 17.6 Å². The van der Waals surface area contributed by atoms with Gasteiger partial charge in [-0.2, -0.15) is 5.26 Å². The topological polar surface area (TPSA) is 74.7 Å². The number of nitrogens with zero attached hydrogens (tertiary/aromatic N) is 2. The van der Waals surface area contributed by atoms with Crippen LogP contribution in [0, 0.1) is 17.2 Å². The Hall–Kier alpha value is -1.60. The molecule has 4 heteroatoms. The van der Waals surface area contributed by atoms with E-state index in [0.717, 1.165) is 0 Å². The standard InChI is InChI=1S/C11H16N4/c1-8(2)10(7-13)15-11-5-9(6-12)3-4-14-11/h3-5,8,10H,7,13H2,1-2H3,(H,14,15). The van der Waals surface area contributed by atoms with E-state index in [9.17, 15) is 0 Å².